The van der Waals surface area contributed by atoms with Crippen LogP contribution in [0, 0.1) is 0 Å². The highest BCUT2D eigenvalue weighted by molar-refractivity contribution is 9.10. The fourth-order valence-electron chi connectivity index (χ4n) is 1.97. The Morgan fingerprint density at radius 3 is 2.86 bits per heavy atom. The first-order valence-corrected chi connectivity index (χ1v) is 7.62. The van der Waals surface area contributed by atoms with E-state index in [4.69, 9.17) is 4.74 Å². The summed E-state index contributed by atoms with van der Waals surface area (Å²) >= 11 is 3.41. The fraction of sp³-hybridized carbons (Fsp3) is 0.176. The van der Waals surface area contributed by atoms with E-state index in [1.807, 2.05) is 43.3 Å². The van der Waals surface area contributed by atoms with E-state index in [0.29, 0.717) is 5.75 Å². The summed E-state index contributed by atoms with van der Waals surface area (Å²) in [5, 5.41) is 2.88. The molecule has 1 N–H and O–H groups in total. The van der Waals surface area contributed by atoms with Gasteiger partial charge in [-0.15, -0.1) is 0 Å². The number of hydrogen-bond acceptors (Lipinski definition) is 3. The molecule has 0 fully saturated rings. The predicted octanol–water partition coefficient (Wildman–Crippen LogP) is 3.74. The molecule has 114 valence electrons. The average Bonchev–Trinajstić information content (AvgIpc) is 2.54. The third-order valence-electron chi connectivity index (χ3n) is 3.10. The lowest BCUT2D eigenvalue weighted by Gasteiger charge is -2.11. The van der Waals surface area contributed by atoms with Gasteiger partial charge in [-0.25, -0.2) is 0 Å². The van der Waals surface area contributed by atoms with Crippen molar-refractivity contribution in [3.05, 3.63) is 64.4 Å². The number of ether oxygens (including phenoxy) is 1. The molecule has 1 atom stereocenters. The van der Waals surface area contributed by atoms with Gasteiger partial charge in [-0.1, -0.05) is 22.0 Å². The molecule has 0 aliphatic carbocycles. The smallest absolute Gasteiger partial charge is 0.244 e. The lowest BCUT2D eigenvalue weighted by molar-refractivity contribution is -0.117. The molecule has 1 unspecified atom stereocenters. The Kier molecular flexibility index (Phi) is 5.72. The highest BCUT2D eigenvalue weighted by atomic mass is 79.9. The van der Waals surface area contributed by atoms with Crippen LogP contribution in [0.15, 0.2) is 53.1 Å². The van der Waals surface area contributed by atoms with Gasteiger partial charge in [0.1, 0.15) is 5.75 Å². The summed E-state index contributed by atoms with van der Waals surface area (Å²) < 4.78 is 6.20. The molecule has 0 spiro atoms. The van der Waals surface area contributed by atoms with E-state index >= 15 is 0 Å². The van der Waals surface area contributed by atoms with E-state index < -0.39 is 0 Å². The molecular formula is C17H17BrN2O2. The molecule has 0 saturated carbocycles. The van der Waals surface area contributed by atoms with Gasteiger partial charge in [0.05, 0.1) is 18.8 Å². The summed E-state index contributed by atoms with van der Waals surface area (Å²) in [5.41, 5.74) is 1.65. The topological polar surface area (TPSA) is 51.2 Å². The van der Waals surface area contributed by atoms with E-state index in [-0.39, 0.29) is 11.9 Å². The van der Waals surface area contributed by atoms with Gasteiger partial charge in [0, 0.05) is 22.3 Å². The van der Waals surface area contributed by atoms with Crippen LogP contribution in [0.25, 0.3) is 6.08 Å². The molecule has 0 radical (unpaired) electrons. The zero-order valence-corrected chi connectivity index (χ0v) is 14.0. The highest BCUT2D eigenvalue weighted by Gasteiger charge is 2.08. The van der Waals surface area contributed by atoms with Crippen LogP contribution in [-0.4, -0.2) is 18.0 Å². The molecule has 0 aliphatic heterocycles. The standard InChI is InChI=1S/C17H17BrN2O2/c1-12(15-5-3-4-10-19-15)20-17(21)9-6-13-11-14(18)7-8-16(13)22-2/h3-12H,1-2H3,(H,20,21)/b9-6+. The molecule has 5 heteroatoms. The highest BCUT2D eigenvalue weighted by Crippen LogP contribution is 2.24. The van der Waals surface area contributed by atoms with Gasteiger partial charge in [-0.05, 0) is 43.3 Å². The number of carbonyl (C=O) groups excluding carboxylic acids is 1. The fourth-order valence-corrected chi connectivity index (χ4v) is 2.35. The van der Waals surface area contributed by atoms with Crippen molar-refractivity contribution >= 4 is 27.9 Å². The minimum Gasteiger partial charge on any atom is -0.496 e. The van der Waals surface area contributed by atoms with E-state index in [9.17, 15) is 4.79 Å². The number of rotatable bonds is 5. The van der Waals surface area contributed by atoms with Crippen molar-refractivity contribution in [1.82, 2.24) is 10.3 Å². The van der Waals surface area contributed by atoms with Crippen LogP contribution in [0.3, 0.4) is 0 Å². The van der Waals surface area contributed by atoms with Crippen molar-refractivity contribution < 1.29 is 9.53 Å². The third kappa shape index (κ3) is 4.43. The van der Waals surface area contributed by atoms with Crippen LogP contribution in [0.4, 0.5) is 0 Å². The molecule has 0 bridgehead atoms. The van der Waals surface area contributed by atoms with Crippen LogP contribution in [0.1, 0.15) is 24.2 Å². The Morgan fingerprint density at radius 1 is 1.36 bits per heavy atom. The van der Waals surface area contributed by atoms with Gasteiger partial charge in [-0.3, -0.25) is 9.78 Å². The van der Waals surface area contributed by atoms with Crippen LogP contribution in [0.5, 0.6) is 5.75 Å². The Balaban J connectivity index is 2.04. The molecule has 2 aromatic rings. The maximum absolute atomic E-state index is 12.0. The second-order valence-electron chi connectivity index (χ2n) is 4.70. The Labute approximate surface area is 138 Å². The first-order valence-electron chi connectivity index (χ1n) is 6.83. The third-order valence-corrected chi connectivity index (χ3v) is 3.59. The van der Waals surface area contributed by atoms with E-state index in [1.165, 1.54) is 6.08 Å². The summed E-state index contributed by atoms with van der Waals surface area (Å²) in [6.45, 7) is 1.90. The number of carbonyl (C=O) groups is 1. The molecule has 0 aliphatic rings. The number of benzene rings is 1. The van der Waals surface area contributed by atoms with Gasteiger partial charge >= 0.3 is 0 Å². The number of methoxy groups -OCH3 is 1. The summed E-state index contributed by atoms with van der Waals surface area (Å²) in [7, 11) is 1.60. The lowest BCUT2D eigenvalue weighted by Crippen LogP contribution is -2.25. The summed E-state index contributed by atoms with van der Waals surface area (Å²) in [5.74, 6) is 0.533. The SMILES string of the molecule is COc1ccc(Br)cc1/C=C/C(=O)NC(C)c1ccccn1. The first-order chi connectivity index (χ1) is 10.6. The van der Waals surface area contributed by atoms with E-state index in [1.54, 1.807) is 19.4 Å². The summed E-state index contributed by atoms with van der Waals surface area (Å²) in [6, 6.07) is 11.1. The van der Waals surface area contributed by atoms with Gasteiger partial charge in [0.2, 0.25) is 5.91 Å². The van der Waals surface area contributed by atoms with Crippen LogP contribution >= 0.6 is 15.9 Å². The largest absolute Gasteiger partial charge is 0.496 e. The van der Waals surface area contributed by atoms with Crippen LogP contribution in [0.2, 0.25) is 0 Å². The number of nitrogens with one attached hydrogen (secondary N) is 1. The number of pyridine rings is 1. The van der Waals surface area contributed by atoms with Gasteiger partial charge < -0.3 is 10.1 Å². The average molecular weight is 361 g/mol. The van der Waals surface area contributed by atoms with Gasteiger partial charge in [0.25, 0.3) is 0 Å². The molecular weight excluding hydrogens is 344 g/mol. The lowest BCUT2D eigenvalue weighted by atomic mass is 10.1. The molecule has 1 aromatic carbocycles. The van der Waals surface area contributed by atoms with Crippen LogP contribution in [-0.2, 0) is 4.79 Å². The molecule has 22 heavy (non-hydrogen) atoms. The number of aromatic nitrogens is 1. The first kappa shape index (κ1) is 16.2. The monoisotopic (exact) mass is 360 g/mol. The summed E-state index contributed by atoms with van der Waals surface area (Å²) in [4.78, 5) is 16.2. The predicted molar refractivity (Wildman–Crippen MR) is 90.5 cm³/mol. The molecule has 1 heterocycles. The summed E-state index contributed by atoms with van der Waals surface area (Å²) in [6.07, 6.45) is 4.92. The van der Waals surface area contributed by atoms with E-state index in [2.05, 4.69) is 26.2 Å². The van der Waals surface area contributed by atoms with Gasteiger partial charge in [0.15, 0.2) is 0 Å². The second kappa shape index (κ2) is 7.75. The Hall–Kier alpha value is -2.14. The number of amides is 1. The van der Waals surface area contributed by atoms with Crippen molar-refractivity contribution in [2.75, 3.05) is 7.11 Å². The van der Waals surface area contributed by atoms with Crippen molar-refractivity contribution in [3.8, 4) is 5.75 Å². The van der Waals surface area contributed by atoms with Gasteiger partial charge in [-0.2, -0.15) is 0 Å². The van der Waals surface area contributed by atoms with Crippen molar-refractivity contribution in [3.63, 3.8) is 0 Å². The normalized spacial score (nSPS) is 12.1. The van der Waals surface area contributed by atoms with Crippen molar-refractivity contribution in [1.29, 1.82) is 0 Å². The molecule has 2 rings (SSSR count). The molecule has 1 amide bonds. The second-order valence-corrected chi connectivity index (χ2v) is 5.62. The minimum atomic E-state index is -0.180. The number of nitrogens with zero attached hydrogens (tertiary/aromatic N) is 1. The molecule has 0 saturated heterocycles. The van der Waals surface area contributed by atoms with Crippen molar-refractivity contribution in [2.24, 2.45) is 0 Å². The molecule has 4 nitrogen and oxygen atoms in total. The number of hydrogen-bond donors (Lipinski definition) is 1. The Morgan fingerprint density at radius 2 is 2.18 bits per heavy atom. The minimum absolute atomic E-state index is 0.150. The number of halogens is 1. The quantitative estimate of drug-likeness (QED) is 0.826. The molecule has 1 aromatic heterocycles. The zero-order valence-electron chi connectivity index (χ0n) is 12.4. The maximum atomic E-state index is 12.0. The van der Waals surface area contributed by atoms with Crippen LogP contribution < -0.4 is 10.1 Å². The van der Waals surface area contributed by atoms with E-state index in [0.717, 1.165) is 15.7 Å². The van der Waals surface area contributed by atoms with Crippen molar-refractivity contribution in [2.45, 2.75) is 13.0 Å². The maximum Gasteiger partial charge on any atom is 0.244 e. The zero-order chi connectivity index (χ0) is 15.9. The Bertz CT molecular complexity index is 672.